The van der Waals surface area contributed by atoms with Crippen LogP contribution in [-0.4, -0.2) is 24.6 Å². The highest BCUT2D eigenvalue weighted by molar-refractivity contribution is 5.71. The molecule has 1 aliphatic heterocycles. The lowest BCUT2D eigenvalue weighted by Crippen LogP contribution is -2.32. The van der Waals surface area contributed by atoms with E-state index in [1.54, 1.807) is 6.08 Å². The van der Waals surface area contributed by atoms with Gasteiger partial charge in [0, 0.05) is 6.54 Å². The van der Waals surface area contributed by atoms with Gasteiger partial charge >= 0.3 is 6.09 Å². The van der Waals surface area contributed by atoms with Gasteiger partial charge in [0.25, 0.3) is 0 Å². The Hall–Kier alpha value is -1.50. The van der Waals surface area contributed by atoms with Crippen molar-refractivity contribution in [3.63, 3.8) is 0 Å². The topological polar surface area (TPSA) is 53.3 Å². The van der Waals surface area contributed by atoms with E-state index in [0.717, 1.165) is 12.8 Å². The number of nitriles is 1. The smallest absolute Gasteiger partial charge is 0.414 e. The number of hydrogen-bond donors (Lipinski definition) is 0. The Morgan fingerprint density at radius 3 is 3.17 bits per heavy atom. The fraction of sp³-hybridized carbons (Fsp3) is 0.500. The summed E-state index contributed by atoms with van der Waals surface area (Å²) in [5.74, 6) is 0. The van der Waals surface area contributed by atoms with Crippen LogP contribution in [0.25, 0.3) is 0 Å². The van der Waals surface area contributed by atoms with Crippen LogP contribution in [-0.2, 0) is 4.74 Å². The van der Waals surface area contributed by atoms with Crippen molar-refractivity contribution in [3.05, 3.63) is 11.8 Å². The maximum absolute atomic E-state index is 11.0. The van der Waals surface area contributed by atoms with Crippen molar-refractivity contribution in [1.29, 1.82) is 5.26 Å². The third kappa shape index (κ3) is 1.56. The molecule has 4 heteroatoms. The van der Waals surface area contributed by atoms with Crippen molar-refractivity contribution >= 4 is 6.09 Å². The van der Waals surface area contributed by atoms with Crippen LogP contribution < -0.4 is 0 Å². The zero-order chi connectivity index (χ0) is 8.97. The van der Waals surface area contributed by atoms with Crippen molar-refractivity contribution in [1.82, 2.24) is 4.90 Å². The first kappa shape index (κ1) is 8.60. The van der Waals surface area contributed by atoms with Crippen LogP contribution in [0.2, 0.25) is 0 Å². The van der Waals surface area contributed by atoms with Crippen molar-refractivity contribution in [3.8, 4) is 6.07 Å². The molecule has 0 spiro atoms. The second-order valence-electron chi connectivity index (χ2n) is 2.47. The summed E-state index contributed by atoms with van der Waals surface area (Å²) in [4.78, 5) is 12.4. The molecule has 0 bridgehead atoms. The fourth-order valence-electron chi connectivity index (χ4n) is 1.12. The summed E-state index contributed by atoms with van der Waals surface area (Å²) in [7, 11) is 1.31. The van der Waals surface area contributed by atoms with Crippen LogP contribution in [0, 0.1) is 11.3 Å². The lowest BCUT2D eigenvalue weighted by Gasteiger charge is -2.22. The minimum absolute atomic E-state index is 0.396. The molecular weight excluding hydrogens is 156 g/mol. The number of amides is 1. The number of allylic oxidation sites excluding steroid dienone is 2. The number of rotatable bonds is 0. The minimum atomic E-state index is -0.456. The molecular formula is C8H10N2O2. The maximum atomic E-state index is 11.0. The van der Waals surface area contributed by atoms with E-state index in [-0.39, 0.29) is 0 Å². The Morgan fingerprint density at radius 1 is 1.83 bits per heavy atom. The molecule has 1 aliphatic rings. The first-order valence-electron chi connectivity index (χ1n) is 3.75. The Morgan fingerprint density at radius 2 is 2.58 bits per heavy atom. The van der Waals surface area contributed by atoms with Crippen LogP contribution in [0.3, 0.4) is 0 Å². The summed E-state index contributed by atoms with van der Waals surface area (Å²) in [6, 6.07) is 1.96. The zero-order valence-electron chi connectivity index (χ0n) is 6.91. The molecule has 0 aliphatic carbocycles. The van der Waals surface area contributed by atoms with Crippen LogP contribution in [0.1, 0.15) is 12.8 Å². The summed E-state index contributed by atoms with van der Waals surface area (Å²) in [6.45, 7) is 0.575. The normalized spacial score (nSPS) is 16.3. The number of hydrogen-bond acceptors (Lipinski definition) is 3. The van der Waals surface area contributed by atoms with E-state index < -0.39 is 6.09 Å². The molecule has 0 fully saturated rings. The highest BCUT2D eigenvalue weighted by atomic mass is 16.5. The van der Waals surface area contributed by atoms with Gasteiger partial charge in [-0.2, -0.15) is 5.26 Å². The summed E-state index contributed by atoms with van der Waals surface area (Å²) in [6.07, 6.45) is 3.04. The molecule has 0 radical (unpaired) electrons. The highest BCUT2D eigenvalue weighted by Crippen LogP contribution is 2.14. The fourth-order valence-corrected chi connectivity index (χ4v) is 1.12. The van der Waals surface area contributed by atoms with Crippen molar-refractivity contribution < 1.29 is 9.53 Å². The van der Waals surface area contributed by atoms with Gasteiger partial charge in [-0.25, -0.2) is 4.79 Å². The Balaban J connectivity index is 2.76. The second kappa shape index (κ2) is 3.77. The molecule has 0 aromatic carbocycles. The van der Waals surface area contributed by atoms with Crippen LogP contribution in [0.15, 0.2) is 11.8 Å². The van der Waals surface area contributed by atoms with Gasteiger partial charge < -0.3 is 4.74 Å². The zero-order valence-corrected chi connectivity index (χ0v) is 6.91. The van der Waals surface area contributed by atoms with Gasteiger partial charge in [0.05, 0.1) is 7.11 Å². The second-order valence-corrected chi connectivity index (χ2v) is 2.47. The van der Waals surface area contributed by atoms with Crippen LogP contribution in [0.5, 0.6) is 0 Å². The maximum Gasteiger partial charge on any atom is 0.414 e. The van der Waals surface area contributed by atoms with E-state index in [1.165, 1.54) is 12.0 Å². The van der Waals surface area contributed by atoms with Gasteiger partial charge in [0.2, 0.25) is 0 Å². The molecule has 0 aromatic rings. The summed E-state index contributed by atoms with van der Waals surface area (Å²) in [5.41, 5.74) is 0.396. The Kier molecular flexibility index (Phi) is 2.70. The standard InChI is InChI=1S/C8H10N2O2/c1-12-8(11)10-5-3-2-4-7(10)6-9/h4H,2-3,5H2,1H3. The van der Waals surface area contributed by atoms with E-state index in [2.05, 4.69) is 4.74 Å². The molecule has 0 saturated heterocycles. The molecule has 64 valence electrons. The lowest BCUT2D eigenvalue weighted by molar-refractivity contribution is 0.135. The SMILES string of the molecule is COC(=O)N1CCCC=C1C#N. The molecule has 1 heterocycles. The first-order valence-corrected chi connectivity index (χ1v) is 3.75. The molecule has 0 N–H and O–H groups in total. The van der Waals surface area contributed by atoms with E-state index in [1.807, 2.05) is 6.07 Å². The quantitative estimate of drug-likeness (QED) is 0.544. The number of carbonyl (C=O) groups is 1. The van der Waals surface area contributed by atoms with Gasteiger partial charge in [-0.15, -0.1) is 0 Å². The number of nitrogens with zero attached hydrogens (tertiary/aromatic N) is 2. The largest absolute Gasteiger partial charge is 0.452 e. The Labute approximate surface area is 71.0 Å². The van der Waals surface area contributed by atoms with Crippen molar-refractivity contribution in [2.75, 3.05) is 13.7 Å². The molecule has 0 aromatic heterocycles. The van der Waals surface area contributed by atoms with E-state index in [9.17, 15) is 4.79 Å². The highest BCUT2D eigenvalue weighted by Gasteiger charge is 2.20. The van der Waals surface area contributed by atoms with Crippen LogP contribution in [0.4, 0.5) is 4.79 Å². The minimum Gasteiger partial charge on any atom is -0.452 e. The monoisotopic (exact) mass is 166 g/mol. The van der Waals surface area contributed by atoms with Gasteiger partial charge in [-0.05, 0) is 18.9 Å². The molecule has 0 atom stereocenters. The molecule has 0 saturated carbocycles. The Bertz CT molecular complexity index is 252. The predicted molar refractivity (Wildman–Crippen MR) is 42.0 cm³/mol. The summed E-state index contributed by atoms with van der Waals surface area (Å²) in [5, 5.41) is 8.64. The van der Waals surface area contributed by atoms with Crippen LogP contribution >= 0.6 is 0 Å². The average molecular weight is 166 g/mol. The van der Waals surface area contributed by atoms with Crippen molar-refractivity contribution in [2.24, 2.45) is 0 Å². The molecule has 12 heavy (non-hydrogen) atoms. The van der Waals surface area contributed by atoms with Gasteiger partial charge in [-0.1, -0.05) is 0 Å². The third-order valence-corrected chi connectivity index (χ3v) is 1.72. The molecule has 4 nitrogen and oxygen atoms in total. The number of methoxy groups -OCH3 is 1. The molecule has 1 rings (SSSR count). The van der Waals surface area contributed by atoms with Crippen molar-refractivity contribution in [2.45, 2.75) is 12.8 Å². The van der Waals surface area contributed by atoms with Gasteiger partial charge in [0.1, 0.15) is 11.8 Å². The van der Waals surface area contributed by atoms with E-state index in [4.69, 9.17) is 5.26 Å². The summed E-state index contributed by atoms with van der Waals surface area (Å²) >= 11 is 0. The number of ether oxygens (including phenoxy) is 1. The first-order chi connectivity index (χ1) is 5.79. The van der Waals surface area contributed by atoms with E-state index in [0.29, 0.717) is 12.2 Å². The van der Waals surface area contributed by atoms with Gasteiger partial charge in [0.15, 0.2) is 0 Å². The van der Waals surface area contributed by atoms with E-state index >= 15 is 0 Å². The van der Waals surface area contributed by atoms with Gasteiger partial charge in [-0.3, -0.25) is 4.90 Å². The summed E-state index contributed by atoms with van der Waals surface area (Å²) < 4.78 is 4.52. The average Bonchev–Trinajstić information content (AvgIpc) is 2.16. The number of carbonyl (C=O) groups excluding carboxylic acids is 1. The molecule has 1 amide bonds. The third-order valence-electron chi connectivity index (χ3n) is 1.72. The lowest BCUT2D eigenvalue weighted by atomic mass is 10.2. The molecule has 0 unspecified atom stereocenters. The predicted octanol–water partition coefficient (Wildman–Crippen LogP) is 1.26.